The van der Waals surface area contributed by atoms with Gasteiger partial charge in [0.1, 0.15) is 0 Å². The lowest BCUT2D eigenvalue weighted by Gasteiger charge is -2.40. The number of rotatable bonds is 41. The van der Waals surface area contributed by atoms with Crippen LogP contribution in [-0.2, 0) is 0 Å². The van der Waals surface area contributed by atoms with Crippen molar-refractivity contribution >= 4 is 0 Å². The van der Waals surface area contributed by atoms with Crippen molar-refractivity contribution in [3.63, 3.8) is 0 Å². The maximum absolute atomic E-state index is 2.38. The van der Waals surface area contributed by atoms with Crippen LogP contribution in [0.15, 0.2) is 0 Å². The lowest BCUT2D eigenvalue weighted by Crippen LogP contribution is -2.50. The van der Waals surface area contributed by atoms with Crippen LogP contribution >= 0.6 is 0 Å². The van der Waals surface area contributed by atoms with Crippen molar-refractivity contribution in [2.24, 2.45) is 0 Å². The van der Waals surface area contributed by atoms with Crippen LogP contribution in [0, 0.1) is 0 Å². The second-order valence-electron chi connectivity index (χ2n) is 15.9. The Morgan fingerprint density at radius 3 is 0.478 bits per heavy atom. The summed E-state index contributed by atoms with van der Waals surface area (Å²) in [4.78, 5) is 0. The zero-order valence-electron chi connectivity index (χ0n) is 33.4. The summed E-state index contributed by atoms with van der Waals surface area (Å²) in [6, 6.07) is 0. The van der Waals surface area contributed by atoms with E-state index >= 15 is 0 Å². The molecule has 0 saturated heterocycles. The highest BCUT2D eigenvalue weighted by atomic mass is 15.3. The second kappa shape index (κ2) is 39.4. The Hall–Kier alpha value is -0.0400. The lowest BCUT2D eigenvalue weighted by molar-refractivity contribution is -0.929. The van der Waals surface area contributed by atoms with E-state index in [-0.39, 0.29) is 0 Å². The molecule has 46 heavy (non-hydrogen) atoms. The van der Waals surface area contributed by atoms with Crippen LogP contribution in [0.4, 0.5) is 0 Å². The molecule has 0 fully saturated rings. The molecule has 0 aromatic heterocycles. The fourth-order valence-corrected chi connectivity index (χ4v) is 7.88. The number of unbranched alkanes of at least 4 members (excludes halogenated alkanes) is 33. The molecule has 0 amide bonds. The fourth-order valence-electron chi connectivity index (χ4n) is 7.88. The van der Waals surface area contributed by atoms with Gasteiger partial charge in [0.05, 0.1) is 26.2 Å². The molecule has 0 radical (unpaired) electrons. The standard InChI is InChI=1S/C45H94N/c1-5-9-13-17-20-23-26-29-32-35-39-43-46(42-38-16-12-8-4,44-40-36-33-30-27-24-21-18-14-10-6-2)45-41-37-34-31-28-25-22-19-15-11-7-3/h5-45H2,1-4H3/q+1. The van der Waals surface area contributed by atoms with Gasteiger partial charge in [0.2, 0.25) is 0 Å². The molecule has 1 nitrogen and oxygen atoms in total. The Morgan fingerprint density at radius 2 is 0.304 bits per heavy atom. The van der Waals surface area contributed by atoms with Crippen molar-refractivity contribution in [1.29, 1.82) is 0 Å². The molecule has 0 rings (SSSR count). The average molecular weight is 649 g/mol. The Labute approximate surface area is 295 Å². The van der Waals surface area contributed by atoms with Crippen LogP contribution in [0.25, 0.3) is 0 Å². The van der Waals surface area contributed by atoms with Crippen LogP contribution in [0.2, 0.25) is 0 Å². The largest absolute Gasteiger partial charge is 0.324 e. The molecule has 1 heteroatoms. The van der Waals surface area contributed by atoms with E-state index in [4.69, 9.17) is 0 Å². The quantitative estimate of drug-likeness (QED) is 0.0457. The summed E-state index contributed by atoms with van der Waals surface area (Å²) in [5, 5.41) is 0. The van der Waals surface area contributed by atoms with Crippen LogP contribution in [0.5, 0.6) is 0 Å². The molecular weight excluding hydrogens is 555 g/mol. The van der Waals surface area contributed by atoms with Crippen LogP contribution in [-0.4, -0.2) is 30.7 Å². The minimum atomic E-state index is 1.37. The van der Waals surface area contributed by atoms with Gasteiger partial charge in [-0.15, -0.1) is 0 Å². The van der Waals surface area contributed by atoms with Gasteiger partial charge in [0.15, 0.2) is 0 Å². The topological polar surface area (TPSA) is 0 Å². The smallest absolute Gasteiger partial charge is 0.0786 e. The minimum Gasteiger partial charge on any atom is -0.324 e. The fraction of sp³-hybridized carbons (Fsp3) is 1.00. The molecule has 0 N–H and O–H groups in total. The van der Waals surface area contributed by atoms with E-state index in [2.05, 4.69) is 27.7 Å². The van der Waals surface area contributed by atoms with Gasteiger partial charge in [-0.2, -0.15) is 0 Å². The first-order valence-corrected chi connectivity index (χ1v) is 22.6. The second-order valence-corrected chi connectivity index (χ2v) is 15.9. The Morgan fingerprint density at radius 1 is 0.174 bits per heavy atom. The molecule has 0 bridgehead atoms. The van der Waals surface area contributed by atoms with Gasteiger partial charge >= 0.3 is 0 Å². The first kappa shape index (κ1) is 46.0. The Balaban J connectivity index is 4.64. The molecule has 0 aromatic rings. The third-order valence-corrected chi connectivity index (χ3v) is 11.2. The zero-order chi connectivity index (χ0) is 33.5. The average Bonchev–Trinajstić information content (AvgIpc) is 3.07. The van der Waals surface area contributed by atoms with Crippen molar-refractivity contribution in [3.05, 3.63) is 0 Å². The molecule has 0 saturated carbocycles. The molecule has 0 unspecified atom stereocenters. The molecule has 0 aliphatic carbocycles. The lowest BCUT2D eigenvalue weighted by atomic mass is 10.0. The van der Waals surface area contributed by atoms with Crippen molar-refractivity contribution in [3.8, 4) is 0 Å². The number of nitrogens with zero attached hydrogens (tertiary/aromatic N) is 1. The third-order valence-electron chi connectivity index (χ3n) is 11.2. The summed E-state index contributed by atoms with van der Waals surface area (Å²) >= 11 is 0. The molecule has 0 heterocycles. The van der Waals surface area contributed by atoms with E-state index in [0.29, 0.717) is 0 Å². The van der Waals surface area contributed by atoms with Crippen molar-refractivity contribution in [2.75, 3.05) is 26.2 Å². The molecule has 278 valence electrons. The van der Waals surface area contributed by atoms with Gasteiger partial charge in [-0.1, -0.05) is 214 Å². The molecule has 0 aromatic carbocycles. The summed E-state index contributed by atoms with van der Waals surface area (Å²) in [5.74, 6) is 0. The Kier molecular flexibility index (Phi) is 39.4. The van der Waals surface area contributed by atoms with E-state index < -0.39 is 0 Å². The summed E-state index contributed by atoms with van der Waals surface area (Å²) in [7, 11) is 0. The predicted molar refractivity (Wildman–Crippen MR) is 213 cm³/mol. The summed E-state index contributed by atoms with van der Waals surface area (Å²) < 4.78 is 1.48. The van der Waals surface area contributed by atoms with E-state index in [0.717, 1.165) is 0 Å². The Bertz CT molecular complexity index is 463. The number of quaternary nitrogens is 1. The van der Waals surface area contributed by atoms with Crippen molar-refractivity contribution in [2.45, 2.75) is 265 Å². The van der Waals surface area contributed by atoms with Crippen LogP contribution < -0.4 is 0 Å². The van der Waals surface area contributed by atoms with Gasteiger partial charge in [-0.05, 0) is 51.4 Å². The maximum atomic E-state index is 2.38. The summed E-state index contributed by atoms with van der Waals surface area (Å²) in [6.07, 6.45) is 54.2. The van der Waals surface area contributed by atoms with E-state index in [9.17, 15) is 0 Å². The SMILES string of the molecule is CCCCCCCCCCCCC[N+](CCCCCC)(CCCCCCCCCCCCC)CCCCCCCCCCCCC. The molecule has 0 atom stereocenters. The van der Waals surface area contributed by atoms with Gasteiger partial charge in [0.25, 0.3) is 0 Å². The maximum Gasteiger partial charge on any atom is 0.0786 e. The van der Waals surface area contributed by atoms with E-state index in [1.165, 1.54) is 268 Å². The summed E-state index contributed by atoms with van der Waals surface area (Å²) in [6.45, 7) is 15.3. The number of hydrogen-bond donors (Lipinski definition) is 0. The molecule has 0 aliphatic heterocycles. The third kappa shape index (κ3) is 33.8. The molecule has 0 aliphatic rings. The highest BCUT2D eigenvalue weighted by Gasteiger charge is 2.25. The van der Waals surface area contributed by atoms with Gasteiger partial charge in [-0.3, -0.25) is 0 Å². The highest BCUT2D eigenvalue weighted by molar-refractivity contribution is 4.56. The van der Waals surface area contributed by atoms with Crippen molar-refractivity contribution in [1.82, 2.24) is 0 Å². The molecular formula is C45H94N+. The van der Waals surface area contributed by atoms with E-state index in [1.54, 1.807) is 0 Å². The van der Waals surface area contributed by atoms with E-state index in [1.807, 2.05) is 0 Å². The monoisotopic (exact) mass is 649 g/mol. The zero-order valence-corrected chi connectivity index (χ0v) is 33.4. The van der Waals surface area contributed by atoms with Gasteiger partial charge in [-0.25, -0.2) is 0 Å². The van der Waals surface area contributed by atoms with Gasteiger partial charge < -0.3 is 4.48 Å². The number of hydrogen-bond acceptors (Lipinski definition) is 0. The first-order chi connectivity index (χ1) is 22.7. The summed E-state index contributed by atoms with van der Waals surface area (Å²) in [5.41, 5.74) is 0. The minimum absolute atomic E-state index is 1.37. The normalized spacial score (nSPS) is 12.0. The van der Waals surface area contributed by atoms with Crippen LogP contribution in [0.3, 0.4) is 0 Å². The van der Waals surface area contributed by atoms with Crippen molar-refractivity contribution < 1.29 is 4.48 Å². The first-order valence-electron chi connectivity index (χ1n) is 22.6. The highest BCUT2D eigenvalue weighted by Crippen LogP contribution is 2.21. The molecule has 0 spiro atoms. The predicted octanol–water partition coefficient (Wildman–Crippen LogP) is 16.3. The van der Waals surface area contributed by atoms with Gasteiger partial charge in [0, 0.05) is 0 Å². The van der Waals surface area contributed by atoms with Crippen LogP contribution in [0.1, 0.15) is 265 Å².